The molecule has 0 N–H and O–H groups in total. The number of benzene rings is 3. The molecule has 1 unspecified atom stereocenters. The molecule has 0 aliphatic rings. The lowest BCUT2D eigenvalue weighted by Gasteiger charge is -2.30. The highest BCUT2D eigenvalue weighted by Gasteiger charge is 2.25. The molecule has 0 bridgehead atoms. The van der Waals surface area contributed by atoms with Crippen LogP contribution in [-0.4, -0.2) is 5.16 Å². The highest BCUT2D eigenvalue weighted by Crippen LogP contribution is 2.33. The van der Waals surface area contributed by atoms with Gasteiger partial charge in [0.15, 0.2) is 0 Å². The predicted molar refractivity (Wildman–Crippen MR) is 115 cm³/mol. The van der Waals surface area contributed by atoms with Crippen molar-refractivity contribution in [3.8, 4) is 0 Å². The summed E-state index contributed by atoms with van der Waals surface area (Å²) in [5.41, 5.74) is 4.25. The van der Waals surface area contributed by atoms with Gasteiger partial charge in [-0.1, -0.05) is 91.0 Å². The maximum Gasteiger partial charge on any atom is -0.00665 e. The lowest BCUT2D eigenvalue weighted by atomic mass is 9.86. The fraction of sp³-hybridized carbons (Fsp3) is 0.217. The van der Waals surface area contributed by atoms with Crippen molar-refractivity contribution in [3.63, 3.8) is 0 Å². The van der Waals surface area contributed by atoms with Crippen LogP contribution in [0.5, 0.6) is 0 Å². The summed E-state index contributed by atoms with van der Waals surface area (Å²) in [4.78, 5) is 0. The van der Waals surface area contributed by atoms with Gasteiger partial charge in [-0.3, -0.25) is 0 Å². The molecule has 0 amide bonds. The number of rotatable bonds is 7. The topological polar surface area (TPSA) is 0 Å². The fourth-order valence-corrected chi connectivity index (χ4v) is 3.90. The Balaban J connectivity index is 0.00000225. The van der Waals surface area contributed by atoms with Gasteiger partial charge in [0, 0.05) is 0 Å². The van der Waals surface area contributed by atoms with E-state index in [4.69, 9.17) is 0 Å². The normalized spacial score (nSPS) is 10.9. The van der Waals surface area contributed by atoms with Crippen LogP contribution in [0.4, 0.5) is 0 Å². The molecule has 0 aromatic heterocycles. The first kappa shape index (κ1) is 19.7. The first-order valence-electron chi connectivity index (χ1n) is 8.64. The number of aryl methyl sites for hydroxylation is 1. The van der Waals surface area contributed by atoms with Crippen molar-refractivity contribution in [1.82, 2.24) is 0 Å². The van der Waals surface area contributed by atoms with Crippen LogP contribution in [0, 0.1) is 0 Å². The molecular weight excluding hydrogens is 343 g/mol. The Morgan fingerprint density at radius 3 is 1.32 bits per heavy atom. The van der Waals surface area contributed by atoms with Crippen LogP contribution in [0.25, 0.3) is 0 Å². The monoisotopic (exact) mass is 368 g/mol. The van der Waals surface area contributed by atoms with Gasteiger partial charge in [0.1, 0.15) is 0 Å². The molecule has 3 aromatic rings. The second-order valence-electron chi connectivity index (χ2n) is 6.67. The van der Waals surface area contributed by atoms with Crippen LogP contribution < -0.4 is 0 Å². The molecule has 2 heteroatoms. The van der Waals surface area contributed by atoms with Crippen molar-refractivity contribution in [2.75, 3.05) is 0 Å². The van der Waals surface area contributed by atoms with E-state index in [1.54, 1.807) is 0 Å². The molecule has 0 nitrogen and oxygen atoms in total. The van der Waals surface area contributed by atoms with Gasteiger partial charge in [-0.25, -0.2) is 0 Å². The summed E-state index contributed by atoms with van der Waals surface area (Å²) < 4.78 is 0. The average Bonchev–Trinajstić information content (AvgIpc) is 2.63. The third-order valence-corrected chi connectivity index (χ3v) is 5.25. The van der Waals surface area contributed by atoms with Gasteiger partial charge in [-0.05, 0) is 47.5 Å². The Bertz CT molecular complexity index is 684. The lowest BCUT2D eigenvalue weighted by molar-refractivity contribution is 0.532. The molecule has 0 radical (unpaired) electrons. The molecular formula is C23H26ClP. The molecule has 0 spiro atoms. The summed E-state index contributed by atoms with van der Waals surface area (Å²) >= 11 is 0. The third-order valence-electron chi connectivity index (χ3n) is 4.55. The van der Waals surface area contributed by atoms with Gasteiger partial charge < -0.3 is 0 Å². The van der Waals surface area contributed by atoms with Gasteiger partial charge in [0.2, 0.25) is 0 Å². The number of hydrogen-bond acceptors (Lipinski definition) is 0. The minimum absolute atomic E-state index is 0. The molecule has 130 valence electrons. The molecule has 0 saturated carbocycles. The molecule has 3 rings (SSSR count). The average molecular weight is 369 g/mol. The smallest absolute Gasteiger partial charge is 0.00665 e. The first-order chi connectivity index (χ1) is 11.7. The maximum atomic E-state index is 3.19. The molecule has 25 heavy (non-hydrogen) atoms. The third kappa shape index (κ3) is 6.31. The molecule has 0 fully saturated rings. The fourth-order valence-electron chi connectivity index (χ4n) is 3.28. The van der Waals surface area contributed by atoms with Crippen LogP contribution >= 0.6 is 21.6 Å². The Morgan fingerprint density at radius 2 is 0.920 bits per heavy atom. The Hall–Kier alpha value is -1.62. The van der Waals surface area contributed by atoms with Crippen molar-refractivity contribution in [3.05, 3.63) is 108 Å². The highest BCUT2D eigenvalue weighted by molar-refractivity contribution is 7.19. The zero-order valence-electron chi connectivity index (χ0n) is 14.5. The summed E-state index contributed by atoms with van der Waals surface area (Å²) in [6, 6.07) is 32.5. The maximum absolute atomic E-state index is 3.19. The predicted octanol–water partition coefficient (Wildman–Crippen LogP) is 6.14. The Morgan fingerprint density at radius 1 is 0.560 bits per heavy atom. The highest BCUT2D eigenvalue weighted by atomic mass is 35.5. The van der Waals surface area contributed by atoms with E-state index in [0.717, 1.165) is 25.7 Å². The SMILES string of the molecule is Cl.PC(CCc1ccccc1)(Cc1ccccc1)Cc1ccccc1. The van der Waals surface area contributed by atoms with E-state index in [-0.39, 0.29) is 17.6 Å². The largest absolute Gasteiger partial charge is 0.147 e. The van der Waals surface area contributed by atoms with Crippen molar-refractivity contribution >= 4 is 21.6 Å². The van der Waals surface area contributed by atoms with Crippen molar-refractivity contribution in [1.29, 1.82) is 0 Å². The summed E-state index contributed by atoms with van der Waals surface area (Å²) in [7, 11) is 3.19. The van der Waals surface area contributed by atoms with E-state index in [1.165, 1.54) is 16.7 Å². The van der Waals surface area contributed by atoms with Crippen molar-refractivity contribution < 1.29 is 0 Å². The lowest BCUT2D eigenvalue weighted by Crippen LogP contribution is -2.28. The number of hydrogen-bond donors (Lipinski definition) is 0. The zero-order valence-corrected chi connectivity index (χ0v) is 16.4. The van der Waals surface area contributed by atoms with Gasteiger partial charge in [-0.15, -0.1) is 21.6 Å². The second-order valence-corrected chi connectivity index (χ2v) is 7.90. The minimum atomic E-state index is 0. The quantitative estimate of drug-likeness (QED) is 0.439. The van der Waals surface area contributed by atoms with E-state index in [0.29, 0.717) is 0 Å². The zero-order chi connectivity index (χ0) is 16.7. The van der Waals surface area contributed by atoms with E-state index >= 15 is 0 Å². The molecule has 0 aliphatic heterocycles. The van der Waals surface area contributed by atoms with Gasteiger partial charge in [0.25, 0.3) is 0 Å². The van der Waals surface area contributed by atoms with Crippen LogP contribution in [-0.2, 0) is 19.3 Å². The molecule has 0 aliphatic carbocycles. The molecule has 0 heterocycles. The number of halogens is 1. The van der Waals surface area contributed by atoms with Crippen LogP contribution in [0.15, 0.2) is 91.0 Å². The second kappa shape index (κ2) is 9.76. The van der Waals surface area contributed by atoms with E-state index in [9.17, 15) is 0 Å². The van der Waals surface area contributed by atoms with Crippen molar-refractivity contribution in [2.24, 2.45) is 0 Å². The van der Waals surface area contributed by atoms with Crippen molar-refractivity contribution in [2.45, 2.75) is 30.8 Å². The summed E-state index contributed by atoms with van der Waals surface area (Å²) in [6.07, 6.45) is 4.44. The van der Waals surface area contributed by atoms with E-state index < -0.39 is 0 Å². The van der Waals surface area contributed by atoms with Gasteiger partial charge in [-0.2, -0.15) is 0 Å². The molecule has 1 atom stereocenters. The van der Waals surface area contributed by atoms with Crippen LogP contribution in [0.2, 0.25) is 0 Å². The Kier molecular flexibility index (Phi) is 7.69. The van der Waals surface area contributed by atoms with Crippen LogP contribution in [0.3, 0.4) is 0 Å². The standard InChI is InChI=1S/C23H25P.ClH/c24-23(18-21-12-6-2-7-13-21,19-22-14-8-3-9-15-22)17-16-20-10-4-1-5-11-20;/h1-15H,16-19,24H2;1H. The van der Waals surface area contributed by atoms with E-state index in [2.05, 4.69) is 100 Å². The van der Waals surface area contributed by atoms with Crippen LogP contribution in [0.1, 0.15) is 23.1 Å². The first-order valence-corrected chi connectivity index (χ1v) is 9.22. The molecule has 3 aromatic carbocycles. The summed E-state index contributed by atoms with van der Waals surface area (Å²) in [5.74, 6) is 0. The minimum Gasteiger partial charge on any atom is -0.147 e. The van der Waals surface area contributed by atoms with E-state index in [1.807, 2.05) is 0 Å². The van der Waals surface area contributed by atoms with Gasteiger partial charge in [0.05, 0.1) is 0 Å². The van der Waals surface area contributed by atoms with Gasteiger partial charge >= 0.3 is 0 Å². The summed E-state index contributed by atoms with van der Waals surface area (Å²) in [6.45, 7) is 0. The molecule has 0 saturated heterocycles. The summed E-state index contributed by atoms with van der Waals surface area (Å²) in [5, 5.41) is 0.179. The Labute approximate surface area is 160 Å².